The molecule has 0 aliphatic carbocycles. The Kier molecular flexibility index (Phi) is 3.50. The SMILES string of the molecule is CC(C)([CH]O)COC1CCOC1. The summed E-state index contributed by atoms with van der Waals surface area (Å²) in [6.45, 7) is 7.10. The lowest BCUT2D eigenvalue weighted by molar-refractivity contribution is -0.00412. The Labute approximate surface area is 73.7 Å². The molecule has 0 aromatic carbocycles. The second-order valence-electron chi connectivity index (χ2n) is 3.91. The van der Waals surface area contributed by atoms with Crippen molar-refractivity contribution in [1.82, 2.24) is 0 Å². The monoisotopic (exact) mass is 173 g/mol. The normalized spacial score (nSPS) is 24.8. The van der Waals surface area contributed by atoms with E-state index in [4.69, 9.17) is 14.6 Å². The topological polar surface area (TPSA) is 38.7 Å². The van der Waals surface area contributed by atoms with Crippen molar-refractivity contribution in [3.05, 3.63) is 6.61 Å². The van der Waals surface area contributed by atoms with Gasteiger partial charge in [0, 0.05) is 12.0 Å². The van der Waals surface area contributed by atoms with Crippen molar-refractivity contribution in [3.8, 4) is 0 Å². The van der Waals surface area contributed by atoms with Crippen molar-refractivity contribution in [2.75, 3.05) is 19.8 Å². The van der Waals surface area contributed by atoms with Gasteiger partial charge in [0.15, 0.2) is 0 Å². The molecule has 3 heteroatoms. The first-order valence-corrected chi connectivity index (χ1v) is 4.32. The molecule has 0 aromatic heterocycles. The van der Waals surface area contributed by atoms with Crippen molar-refractivity contribution in [1.29, 1.82) is 0 Å². The molecule has 1 atom stereocenters. The summed E-state index contributed by atoms with van der Waals surface area (Å²) in [4.78, 5) is 0. The lowest BCUT2D eigenvalue weighted by Crippen LogP contribution is -2.24. The molecule has 1 heterocycles. The van der Waals surface area contributed by atoms with Crippen molar-refractivity contribution in [2.24, 2.45) is 5.41 Å². The molecule has 1 radical (unpaired) electrons. The lowest BCUT2D eigenvalue weighted by Gasteiger charge is -2.22. The molecule has 1 N–H and O–H groups in total. The van der Waals surface area contributed by atoms with Gasteiger partial charge < -0.3 is 14.6 Å². The Morgan fingerprint density at radius 3 is 2.92 bits per heavy atom. The first-order valence-electron chi connectivity index (χ1n) is 4.32. The van der Waals surface area contributed by atoms with Crippen LogP contribution >= 0.6 is 0 Å². The number of aliphatic hydroxyl groups is 1. The molecule has 71 valence electrons. The lowest BCUT2D eigenvalue weighted by atomic mass is 9.96. The fraction of sp³-hybridized carbons (Fsp3) is 0.889. The van der Waals surface area contributed by atoms with Crippen LogP contribution in [-0.2, 0) is 9.47 Å². The molecule has 1 aliphatic rings. The number of rotatable bonds is 4. The van der Waals surface area contributed by atoms with Crippen LogP contribution in [0.25, 0.3) is 0 Å². The minimum absolute atomic E-state index is 0.226. The van der Waals surface area contributed by atoms with Gasteiger partial charge in [0.05, 0.1) is 25.9 Å². The van der Waals surface area contributed by atoms with Crippen LogP contribution in [0.15, 0.2) is 0 Å². The highest BCUT2D eigenvalue weighted by Gasteiger charge is 2.22. The zero-order chi connectivity index (χ0) is 9.03. The third-order valence-electron chi connectivity index (χ3n) is 1.93. The number of aliphatic hydroxyl groups excluding tert-OH is 1. The average Bonchev–Trinajstić information content (AvgIpc) is 2.53. The smallest absolute Gasteiger partial charge is 0.0877 e. The van der Waals surface area contributed by atoms with E-state index in [9.17, 15) is 0 Å². The maximum absolute atomic E-state index is 8.83. The van der Waals surface area contributed by atoms with E-state index in [1.807, 2.05) is 13.8 Å². The molecule has 0 amide bonds. The minimum atomic E-state index is -0.247. The highest BCUT2D eigenvalue weighted by atomic mass is 16.5. The summed E-state index contributed by atoms with van der Waals surface area (Å²) in [5.74, 6) is 0. The molecule has 1 unspecified atom stereocenters. The van der Waals surface area contributed by atoms with Gasteiger partial charge in [-0.25, -0.2) is 0 Å². The summed E-state index contributed by atoms with van der Waals surface area (Å²) >= 11 is 0. The summed E-state index contributed by atoms with van der Waals surface area (Å²) in [6, 6.07) is 0. The summed E-state index contributed by atoms with van der Waals surface area (Å²) in [6.07, 6.45) is 1.20. The van der Waals surface area contributed by atoms with Crippen LogP contribution in [0.5, 0.6) is 0 Å². The molecule has 0 saturated carbocycles. The molecule has 0 spiro atoms. The second-order valence-corrected chi connectivity index (χ2v) is 3.91. The van der Waals surface area contributed by atoms with Gasteiger partial charge >= 0.3 is 0 Å². The van der Waals surface area contributed by atoms with Gasteiger partial charge in [0.2, 0.25) is 0 Å². The highest BCUT2D eigenvalue weighted by Crippen LogP contribution is 2.20. The van der Waals surface area contributed by atoms with Gasteiger partial charge in [0.1, 0.15) is 0 Å². The molecule has 12 heavy (non-hydrogen) atoms. The fourth-order valence-corrected chi connectivity index (χ4v) is 1.01. The Morgan fingerprint density at radius 1 is 1.67 bits per heavy atom. The van der Waals surface area contributed by atoms with Gasteiger partial charge in [-0.15, -0.1) is 0 Å². The minimum Gasteiger partial charge on any atom is -0.390 e. The maximum atomic E-state index is 8.83. The number of hydrogen-bond donors (Lipinski definition) is 1. The Morgan fingerprint density at radius 2 is 2.42 bits per heavy atom. The van der Waals surface area contributed by atoms with E-state index < -0.39 is 0 Å². The molecule has 1 rings (SSSR count). The van der Waals surface area contributed by atoms with Crippen molar-refractivity contribution >= 4 is 0 Å². The molecular formula is C9H17O3. The van der Waals surface area contributed by atoms with Crippen LogP contribution in [0.2, 0.25) is 0 Å². The first-order chi connectivity index (χ1) is 5.64. The first kappa shape index (κ1) is 9.96. The summed E-state index contributed by atoms with van der Waals surface area (Å²) in [7, 11) is 0. The van der Waals surface area contributed by atoms with E-state index in [1.54, 1.807) is 0 Å². The number of hydrogen-bond acceptors (Lipinski definition) is 3. The van der Waals surface area contributed by atoms with E-state index in [0.717, 1.165) is 13.0 Å². The highest BCUT2D eigenvalue weighted by molar-refractivity contribution is 4.76. The Balaban J connectivity index is 2.15. The molecule has 0 bridgehead atoms. The van der Waals surface area contributed by atoms with E-state index in [-0.39, 0.29) is 11.5 Å². The van der Waals surface area contributed by atoms with Crippen LogP contribution < -0.4 is 0 Å². The van der Waals surface area contributed by atoms with Crippen LogP contribution in [0.4, 0.5) is 0 Å². The van der Waals surface area contributed by atoms with Gasteiger partial charge in [-0.2, -0.15) is 0 Å². The molecule has 3 nitrogen and oxygen atoms in total. The average molecular weight is 173 g/mol. The van der Waals surface area contributed by atoms with Crippen LogP contribution in [0.3, 0.4) is 0 Å². The van der Waals surface area contributed by atoms with E-state index >= 15 is 0 Å². The van der Waals surface area contributed by atoms with Crippen LogP contribution in [0.1, 0.15) is 20.3 Å². The van der Waals surface area contributed by atoms with E-state index in [2.05, 4.69) is 0 Å². The molecule has 1 aliphatic heterocycles. The quantitative estimate of drug-likeness (QED) is 0.697. The van der Waals surface area contributed by atoms with Crippen molar-refractivity contribution < 1.29 is 14.6 Å². The predicted molar refractivity (Wildman–Crippen MR) is 45.2 cm³/mol. The van der Waals surface area contributed by atoms with Crippen molar-refractivity contribution in [2.45, 2.75) is 26.4 Å². The number of ether oxygens (including phenoxy) is 2. The van der Waals surface area contributed by atoms with Gasteiger partial charge in [-0.05, 0) is 6.42 Å². The second kappa shape index (κ2) is 4.21. The van der Waals surface area contributed by atoms with Gasteiger partial charge in [-0.3, -0.25) is 0 Å². The van der Waals surface area contributed by atoms with Crippen LogP contribution in [-0.4, -0.2) is 31.0 Å². The Bertz CT molecular complexity index is 128. The van der Waals surface area contributed by atoms with Crippen molar-refractivity contribution in [3.63, 3.8) is 0 Å². The predicted octanol–water partition coefficient (Wildman–Crippen LogP) is 1.35. The third-order valence-corrected chi connectivity index (χ3v) is 1.93. The zero-order valence-corrected chi connectivity index (χ0v) is 7.75. The van der Waals surface area contributed by atoms with E-state index in [0.29, 0.717) is 13.2 Å². The third kappa shape index (κ3) is 3.09. The van der Waals surface area contributed by atoms with Gasteiger partial charge in [-0.1, -0.05) is 13.8 Å². The molecule has 1 fully saturated rings. The fourth-order valence-electron chi connectivity index (χ4n) is 1.01. The standard InChI is InChI=1S/C9H17O3/c1-9(2,6-10)7-12-8-3-4-11-5-8/h6,8,10H,3-5,7H2,1-2H3. The summed E-state index contributed by atoms with van der Waals surface area (Å²) in [5.41, 5.74) is -0.247. The van der Waals surface area contributed by atoms with Crippen LogP contribution in [0, 0.1) is 12.0 Å². The molecule has 1 saturated heterocycles. The summed E-state index contributed by atoms with van der Waals surface area (Å²) in [5, 5.41) is 8.83. The zero-order valence-electron chi connectivity index (χ0n) is 7.75. The summed E-state index contributed by atoms with van der Waals surface area (Å²) < 4.78 is 10.7. The molecule has 0 aromatic rings. The van der Waals surface area contributed by atoms with E-state index in [1.165, 1.54) is 6.61 Å². The maximum Gasteiger partial charge on any atom is 0.0877 e. The molecular weight excluding hydrogens is 156 g/mol. The Hall–Kier alpha value is -0.120. The van der Waals surface area contributed by atoms with Gasteiger partial charge in [0.25, 0.3) is 0 Å². The largest absolute Gasteiger partial charge is 0.390 e.